The van der Waals surface area contributed by atoms with E-state index in [0.29, 0.717) is 18.2 Å². The fourth-order valence-corrected chi connectivity index (χ4v) is 3.10. The molecule has 0 spiro atoms. The van der Waals surface area contributed by atoms with Crippen LogP contribution in [0.2, 0.25) is 0 Å². The fraction of sp³-hybridized carbons (Fsp3) is 0.800. The molecule has 0 radical (unpaired) electrons. The first-order valence-corrected chi connectivity index (χ1v) is 7.39. The number of aromatic nitrogens is 2. The molecule has 1 heterocycles. The molecular weight excluding hydrogens is 238 g/mol. The maximum atomic E-state index is 5.62. The van der Waals surface area contributed by atoms with Gasteiger partial charge in [-0.1, -0.05) is 12.8 Å². The van der Waals surface area contributed by atoms with Crippen molar-refractivity contribution in [2.45, 2.75) is 71.6 Å². The molecule has 0 aliphatic heterocycles. The van der Waals surface area contributed by atoms with Crippen LogP contribution in [0.1, 0.15) is 57.0 Å². The SMILES string of the molecule is COC1CCCCC1Nc1c(C)nn(C(C)C)c1C. The molecule has 108 valence electrons. The molecule has 1 aromatic rings. The highest BCUT2D eigenvalue weighted by Crippen LogP contribution is 2.28. The molecule has 1 saturated carbocycles. The van der Waals surface area contributed by atoms with Crippen molar-refractivity contribution in [3.05, 3.63) is 11.4 Å². The van der Waals surface area contributed by atoms with Gasteiger partial charge in [0.25, 0.3) is 0 Å². The third-order valence-corrected chi connectivity index (χ3v) is 4.15. The Morgan fingerprint density at radius 1 is 1.26 bits per heavy atom. The lowest BCUT2D eigenvalue weighted by atomic mass is 9.92. The van der Waals surface area contributed by atoms with Crippen LogP contribution in [0.4, 0.5) is 5.69 Å². The molecule has 2 rings (SSSR count). The van der Waals surface area contributed by atoms with E-state index in [1.807, 2.05) is 7.11 Å². The first kappa shape index (κ1) is 14.4. The first-order valence-electron chi connectivity index (χ1n) is 7.39. The van der Waals surface area contributed by atoms with E-state index >= 15 is 0 Å². The van der Waals surface area contributed by atoms with Crippen molar-refractivity contribution in [3.63, 3.8) is 0 Å². The van der Waals surface area contributed by atoms with Gasteiger partial charge in [0.05, 0.1) is 29.2 Å². The number of hydrogen-bond acceptors (Lipinski definition) is 3. The Morgan fingerprint density at radius 2 is 1.95 bits per heavy atom. The zero-order valence-corrected chi connectivity index (χ0v) is 12.9. The van der Waals surface area contributed by atoms with Gasteiger partial charge in [0, 0.05) is 13.2 Å². The summed E-state index contributed by atoms with van der Waals surface area (Å²) in [6, 6.07) is 0.819. The summed E-state index contributed by atoms with van der Waals surface area (Å²) in [6.07, 6.45) is 5.23. The summed E-state index contributed by atoms with van der Waals surface area (Å²) in [5.74, 6) is 0. The molecule has 1 N–H and O–H groups in total. The molecule has 19 heavy (non-hydrogen) atoms. The van der Waals surface area contributed by atoms with Gasteiger partial charge in [-0.3, -0.25) is 4.68 Å². The van der Waals surface area contributed by atoms with Crippen LogP contribution in [0, 0.1) is 13.8 Å². The van der Waals surface area contributed by atoms with E-state index in [1.165, 1.54) is 30.6 Å². The largest absolute Gasteiger partial charge is 0.379 e. The summed E-state index contributed by atoms with van der Waals surface area (Å²) in [5, 5.41) is 8.32. The molecule has 1 aromatic heterocycles. The van der Waals surface area contributed by atoms with Crippen LogP contribution in [0.15, 0.2) is 0 Å². The van der Waals surface area contributed by atoms with E-state index in [9.17, 15) is 0 Å². The van der Waals surface area contributed by atoms with Gasteiger partial charge in [-0.2, -0.15) is 5.10 Å². The van der Waals surface area contributed by atoms with E-state index < -0.39 is 0 Å². The molecule has 4 heteroatoms. The van der Waals surface area contributed by atoms with Crippen molar-refractivity contribution < 1.29 is 4.74 Å². The third-order valence-electron chi connectivity index (χ3n) is 4.15. The summed E-state index contributed by atoms with van der Waals surface area (Å²) >= 11 is 0. The molecule has 0 saturated heterocycles. The van der Waals surface area contributed by atoms with Crippen molar-refractivity contribution in [1.29, 1.82) is 0 Å². The number of nitrogens with zero attached hydrogens (tertiary/aromatic N) is 2. The molecule has 1 aliphatic rings. The highest BCUT2D eigenvalue weighted by atomic mass is 16.5. The number of rotatable bonds is 4. The lowest BCUT2D eigenvalue weighted by Gasteiger charge is -2.31. The molecule has 0 amide bonds. The Hall–Kier alpha value is -1.03. The molecule has 2 unspecified atom stereocenters. The summed E-state index contributed by atoms with van der Waals surface area (Å²) in [4.78, 5) is 0. The number of ether oxygens (including phenoxy) is 1. The Morgan fingerprint density at radius 3 is 2.53 bits per heavy atom. The average Bonchev–Trinajstić information content (AvgIpc) is 2.67. The first-order chi connectivity index (χ1) is 9.04. The van der Waals surface area contributed by atoms with Crippen molar-refractivity contribution in [1.82, 2.24) is 9.78 Å². The molecule has 2 atom stereocenters. The van der Waals surface area contributed by atoms with Crippen LogP contribution in [0.5, 0.6) is 0 Å². The van der Waals surface area contributed by atoms with Gasteiger partial charge >= 0.3 is 0 Å². The molecular formula is C15H27N3O. The van der Waals surface area contributed by atoms with E-state index in [-0.39, 0.29) is 0 Å². The minimum Gasteiger partial charge on any atom is -0.379 e. The number of methoxy groups -OCH3 is 1. The van der Waals surface area contributed by atoms with Gasteiger partial charge in [0.15, 0.2) is 0 Å². The molecule has 1 fully saturated rings. The predicted octanol–water partition coefficient (Wildman–Crippen LogP) is 3.45. The maximum Gasteiger partial charge on any atom is 0.0828 e. The standard InChI is InChI=1S/C15H27N3O/c1-10(2)18-12(4)15(11(3)17-18)16-13-8-6-7-9-14(13)19-5/h10,13-14,16H,6-9H2,1-5H3. The topological polar surface area (TPSA) is 39.1 Å². The normalized spacial score (nSPS) is 23.9. The average molecular weight is 265 g/mol. The van der Waals surface area contributed by atoms with Crippen LogP contribution >= 0.6 is 0 Å². The van der Waals surface area contributed by atoms with Gasteiger partial charge in [0.2, 0.25) is 0 Å². The molecule has 0 bridgehead atoms. The second kappa shape index (κ2) is 5.95. The van der Waals surface area contributed by atoms with Gasteiger partial charge < -0.3 is 10.1 Å². The highest BCUT2D eigenvalue weighted by molar-refractivity contribution is 5.53. The number of nitrogens with one attached hydrogen (secondary N) is 1. The summed E-state index contributed by atoms with van der Waals surface area (Å²) < 4.78 is 7.72. The zero-order valence-electron chi connectivity index (χ0n) is 12.9. The lowest BCUT2D eigenvalue weighted by molar-refractivity contribution is 0.0606. The summed E-state index contributed by atoms with van der Waals surface area (Å²) in [7, 11) is 1.82. The molecule has 4 nitrogen and oxygen atoms in total. The second-order valence-corrected chi connectivity index (χ2v) is 5.89. The molecule has 1 aliphatic carbocycles. The van der Waals surface area contributed by atoms with Gasteiger partial charge in [-0.25, -0.2) is 0 Å². The minimum atomic E-state index is 0.329. The van der Waals surface area contributed by atoms with Gasteiger partial charge in [-0.15, -0.1) is 0 Å². The fourth-order valence-electron chi connectivity index (χ4n) is 3.10. The van der Waals surface area contributed by atoms with E-state index in [1.54, 1.807) is 0 Å². The second-order valence-electron chi connectivity index (χ2n) is 5.89. The lowest BCUT2D eigenvalue weighted by Crippen LogP contribution is -2.38. The van der Waals surface area contributed by atoms with Crippen molar-refractivity contribution in [2.75, 3.05) is 12.4 Å². The Bertz CT molecular complexity index is 425. The van der Waals surface area contributed by atoms with E-state index in [2.05, 4.69) is 42.8 Å². The number of hydrogen-bond donors (Lipinski definition) is 1. The maximum absolute atomic E-state index is 5.62. The van der Waals surface area contributed by atoms with Crippen LogP contribution in [-0.4, -0.2) is 29.0 Å². The summed E-state index contributed by atoms with van der Waals surface area (Å²) in [6.45, 7) is 8.56. The monoisotopic (exact) mass is 265 g/mol. The highest BCUT2D eigenvalue weighted by Gasteiger charge is 2.26. The Balaban J connectivity index is 2.18. The van der Waals surface area contributed by atoms with E-state index in [4.69, 9.17) is 4.74 Å². The zero-order chi connectivity index (χ0) is 14.0. The minimum absolute atomic E-state index is 0.329. The van der Waals surface area contributed by atoms with Crippen molar-refractivity contribution in [2.24, 2.45) is 0 Å². The van der Waals surface area contributed by atoms with E-state index in [0.717, 1.165) is 12.1 Å². The van der Waals surface area contributed by atoms with Crippen LogP contribution in [0.3, 0.4) is 0 Å². The quantitative estimate of drug-likeness (QED) is 0.906. The third kappa shape index (κ3) is 2.94. The van der Waals surface area contributed by atoms with Gasteiger partial charge in [0.1, 0.15) is 0 Å². The van der Waals surface area contributed by atoms with Crippen molar-refractivity contribution >= 4 is 5.69 Å². The number of anilines is 1. The van der Waals surface area contributed by atoms with Crippen LogP contribution in [0.25, 0.3) is 0 Å². The number of aryl methyl sites for hydroxylation is 1. The Labute approximate surface area is 116 Å². The van der Waals surface area contributed by atoms with Crippen LogP contribution < -0.4 is 5.32 Å². The summed E-state index contributed by atoms with van der Waals surface area (Å²) in [5.41, 5.74) is 3.52. The predicted molar refractivity (Wildman–Crippen MR) is 78.8 cm³/mol. The molecule has 0 aromatic carbocycles. The van der Waals surface area contributed by atoms with Crippen LogP contribution in [-0.2, 0) is 4.74 Å². The van der Waals surface area contributed by atoms with Gasteiger partial charge in [-0.05, 0) is 40.5 Å². The Kier molecular flexibility index (Phi) is 4.50. The smallest absolute Gasteiger partial charge is 0.0828 e. The van der Waals surface area contributed by atoms with Crippen molar-refractivity contribution in [3.8, 4) is 0 Å².